The van der Waals surface area contributed by atoms with Gasteiger partial charge >= 0.3 is 0 Å². The van der Waals surface area contributed by atoms with Crippen LogP contribution in [0.1, 0.15) is 42.9 Å². The molecule has 2 aromatic carbocycles. The number of Topliss-reactive ketones (excluding diaryl/α,β-unsaturated/α-hetero) is 1. The lowest BCUT2D eigenvalue weighted by molar-refractivity contribution is -0.116. The van der Waals surface area contributed by atoms with Crippen LogP contribution in [-0.2, 0) is 9.59 Å². The van der Waals surface area contributed by atoms with Crippen molar-refractivity contribution in [3.05, 3.63) is 119 Å². The number of hydrogen-bond donors (Lipinski definition) is 2. The van der Waals surface area contributed by atoms with E-state index in [9.17, 15) is 14.0 Å². The van der Waals surface area contributed by atoms with Crippen molar-refractivity contribution in [1.29, 1.82) is 0 Å². The summed E-state index contributed by atoms with van der Waals surface area (Å²) in [6, 6.07) is 21.5. The molecule has 0 unspecified atom stereocenters. The number of rotatable bonds is 4. The van der Waals surface area contributed by atoms with Crippen LogP contribution >= 0.6 is 0 Å². The van der Waals surface area contributed by atoms with Crippen LogP contribution in [0.5, 0.6) is 0 Å². The highest BCUT2D eigenvalue weighted by atomic mass is 19.1. The number of dihydropyridines is 1. The van der Waals surface area contributed by atoms with Crippen molar-refractivity contribution in [3.63, 3.8) is 0 Å². The Balaban J connectivity index is 1.56. The van der Waals surface area contributed by atoms with Crippen molar-refractivity contribution in [2.45, 2.75) is 31.6 Å². The summed E-state index contributed by atoms with van der Waals surface area (Å²) >= 11 is 0. The average Bonchev–Trinajstić information content (AvgIpc) is 2.85. The maximum absolute atomic E-state index is 14.2. The van der Waals surface area contributed by atoms with Crippen molar-refractivity contribution in [3.8, 4) is 0 Å². The van der Waals surface area contributed by atoms with Crippen LogP contribution in [0.15, 0.2) is 102 Å². The molecule has 1 aliphatic heterocycles. The first-order valence-electron chi connectivity index (χ1n) is 11.3. The van der Waals surface area contributed by atoms with Crippen LogP contribution in [0, 0.1) is 5.82 Å². The third-order valence-electron chi connectivity index (χ3n) is 6.45. The van der Waals surface area contributed by atoms with E-state index in [0.29, 0.717) is 35.4 Å². The second kappa shape index (κ2) is 9.06. The Bertz CT molecular complexity index is 1320. The van der Waals surface area contributed by atoms with Crippen LogP contribution < -0.4 is 10.6 Å². The maximum Gasteiger partial charge on any atom is 0.254 e. The van der Waals surface area contributed by atoms with Gasteiger partial charge in [-0.3, -0.25) is 14.6 Å². The lowest BCUT2D eigenvalue weighted by Crippen LogP contribution is -2.37. The minimum absolute atomic E-state index is 0.0121. The molecule has 1 amide bonds. The van der Waals surface area contributed by atoms with E-state index in [1.165, 1.54) is 12.1 Å². The standard InChI is InChI=1S/C28H24FN3O2/c1-17-25(28(34)32-21-12-6-5-11-20(21)29)27(22-13-7-8-14-30-22)26-23(31-17)15-19(16-24(26)33)18-9-3-2-4-10-18/h2-14,19,27,31H,15-16H2,1H3,(H,32,34)/t19-,27+/m1/s1. The molecule has 2 atom stereocenters. The van der Waals surface area contributed by atoms with E-state index in [0.717, 1.165) is 11.3 Å². The van der Waals surface area contributed by atoms with Crippen molar-refractivity contribution >= 4 is 17.4 Å². The van der Waals surface area contributed by atoms with Gasteiger partial charge in [-0.05, 0) is 49.1 Å². The van der Waals surface area contributed by atoms with Crippen molar-refractivity contribution in [2.24, 2.45) is 0 Å². The molecule has 1 aromatic heterocycles. The van der Waals surface area contributed by atoms with E-state index in [-0.39, 0.29) is 17.4 Å². The van der Waals surface area contributed by atoms with Crippen molar-refractivity contribution < 1.29 is 14.0 Å². The molecular formula is C28H24FN3O2. The summed E-state index contributed by atoms with van der Waals surface area (Å²) in [4.78, 5) is 31.5. The molecule has 0 fully saturated rings. The minimum atomic E-state index is -0.631. The highest BCUT2D eigenvalue weighted by molar-refractivity contribution is 6.09. The van der Waals surface area contributed by atoms with Gasteiger partial charge in [0.15, 0.2) is 5.78 Å². The molecule has 0 spiro atoms. The zero-order valence-corrected chi connectivity index (χ0v) is 18.7. The maximum atomic E-state index is 14.2. The third-order valence-corrected chi connectivity index (χ3v) is 6.45. The number of ketones is 1. The normalized spacial score (nSPS) is 20.0. The molecule has 0 saturated heterocycles. The Labute approximate surface area is 197 Å². The fourth-order valence-electron chi connectivity index (χ4n) is 4.90. The Hall–Kier alpha value is -4.06. The van der Waals surface area contributed by atoms with Gasteiger partial charge in [0, 0.05) is 35.2 Å². The van der Waals surface area contributed by atoms with E-state index in [1.807, 2.05) is 49.4 Å². The molecule has 3 aromatic rings. The summed E-state index contributed by atoms with van der Waals surface area (Å²) < 4.78 is 14.2. The molecule has 0 radical (unpaired) electrons. The Kier molecular flexibility index (Phi) is 5.80. The minimum Gasteiger partial charge on any atom is -0.362 e. The second-order valence-electron chi connectivity index (χ2n) is 8.62. The molecule has 2 heterocycles. The molecule has 5 rings (SSSR count). The number of para-hydroxylation sites is 1. The number of nitrogens with zero attached hydrogens (tertiary/aromatic N) is 1. The summed E-state index contributed by atoms with van der Waals surface area (Å²) in [5.74, 6) is -1.57. The van der Waals surface area contributed by atoms with E-state index >= 15 is 0 Å². The number of halogens is 1. The van der Waals surface area contributed by atoms with Gasteiger partial charge in [-0.1, -0.05) is 48.5 Å². The number of carbonyl (C=O) groups excluding carboxylic acids is 2. The predicted octanol–water partition coefficient (Wildman–Crippen LogP) is 5.22. The number of amides is 1. The summed E-state index contributed by atoms with van der Waals surface area (Å²) in [6.07, 6.45) is 2.67. The first-order chi connectivity index (χ1) is 16.5. The quantitative estimate of drug-likeness (QED) is 0.568. The number of aromatic nitrogens is 1. The van der Waals surface area contributed by atoms with Gasteiger partial charge in [-0.2, -0.15) is 0 Å². The van der Waals surface area contributed by atoms with Crippen LogP contribution in [0.4, 0.5) is 10.1 Å². The van der Waals surface area contributed by atoms with E-state index < -0.39 is 17.6 Å². The van der Waals surface area contributed by atoms with Gasteiger partial charge in [-0.15, -0.1) is 0 Å². The number of pyridine rings is 1. The van der Waals surface area contributed by atoms with Crippen LogP contribution in [-0.4, -0.2) is 16.7 Å². The van der Waals surface area contributed by atoms with Crippen LogP contribution in [0.25, 0.3) is 0 Å². The summed E-state index contributed by atoms with van der Waals surface area (Å²) in [5, 5.41) is 6.02. The number of carbonyl (C=O) groups is 2. The lowest BCUT2D eigenvalue weighted by Gasteiger charge is -2.36. The van der Waals surface area contributed by atoms with Crippen molar-refractivity contribution in [2.75, 3.05) is 5.32 Å². The molecule has 5 nitrogen and oxygen atoms in total. The van der Waals surface area contributed by atoms with Gasteiger partial charge in [0.2, 0.25) is 0 Å². The summed E-state index contributed by atoms with van der Waals surface area (Å²) in [6.45, 7) is 1.81. The van der Waals surface area contributed by atoms with Crippen molar-refractivity contribution in [1.82, 2.24) is 10.3 Å². The number of nitrogens with one attached hydrogen (secondary N) is 2. The molecule has 0 saturated carbocycles. The predicted molar refractivity (Wildman–Crippen MR) is 128 cm³/mol. The number of anilines is 1. The largest absolute Gasteiger partial charge is 0.362 e. The zero-order valence-electron chi connectivity index (χ0n) is 18.7. The van der Waals surface area contributed by atoms with E-state index in [4.69, 9.17) is 0 Å². The van der Waals surface area contributed by atoms with Gasteiger partial charge in [-0.25, -0.2) is 4.39 Å². The van der Waals surface area contributed by atoms with Crippen LogP contribution in [0.2, 0.25) is 0 Å². The highest BCUT2D eigenvalue weighted by Crippen LogP contribution is 2.45. The van der Waals surface area contributed by atoms with E-state index in [1.54, 1.807) is 24.4 Å². The molecule has 170 valence electrons. The SMILES string of the molecule is CC1=C(C(=O)Nc2ccccc2F)[C@H](c2ccccn2)C2=C(C[C@@H](c3ccccc3)CC2=O)N1. The monoisotopic (exact) mass is 453 g/mol. The first-order valence-corrected chi connectivity index (χ1v) is 11.3. The van der Waals surface area contributed by atoms with E-state index in [2.05, 4.69) is 15.6 Å². The topological polar surface area (TPSA) is 71.1 Å². The fraction of sp³-hybridized carbons (Fsp3) is 0.179. The molecular weight excluding hydrogens is 429 g/mol. The Morgan fingerprint density at radius 1 is 1.00 bits per heavy atom. The lowest BCUT2D eigenvalue weighted by atomic mass is 9.72. The third kappa shape index (κ3) is 4.03. The summed E-state index contributed by atoms with van der Waals surface area (Å²) in [7, 11) is 0. The van der Waals surface area contributed by atoms with Gasteiger partial charge in [0.05, 0.1) is 17.3 Å². The van der Waals surface area contributed by atoms with Gasteiger partial charge in [0.25, 0.3) is 5.91 Å². The molecule has 6 heteroatoms. The molecule has 2 N–H and O–H groups in total. The molecule has 34 heavy (non-hydrogen) atoms. The number of hydrogen-bond acceptors (Lipinski definition) is 4. The zero-order chi connectivity index (χ0) is 23.7. The number of allylic oxidation sites excluding steroid dienone is 3. The molecule has 1 aliphatic carbocycles. The molecule has 0 bridgehead atoms. The Morgan fingerprint density at radius 2 is 1.74 bits per heavy atom. The smallest absolute Gasteiger partial charge is 0.254 e. The van der Waals surface area contributed by atoms with Gasteiger partial charge < -0.3 is 10.6 Å². The summed E-state index contributed by atoms with van der Waals surface area (Å²) in [5.41, 5.74) is 4.20. The highest BCUT2D eigenvalue weighted by Gasteiger charge is 2.41. The number of benzene rings is 2. The van der Waals surface area contributed by atoms with Gasteiger partial charge in [0.1, 0.15) is 5.82 Å². The molecule has 2 aliphatic rings. The Morgan fingerprint density at radius 3 is 2.47 bits per heavy atom. The van der Waals surface area contributed by atoms with Crippen LogP contribution in [0.3, 0.4) is 0 Å². The fourth-order valence-corrected chi connectivity index (χ4v) is 4.90. The first kappa shape index (κ1) is 21.8. The average molecular weight is 454 g/mol. The second-order valence-corrected chi connectivity index (χ2v) is 8.62.